The number of piperidine rings is 1. The topological polar surface area (TPSA) is 3.24 Å². The molecule has 1 radical (unpaired) electrons. The molecule has 0 spiro atoms. The number of aryl methyl sites for hydroxylation is 1. The summed E-state index contributed by atoms with van der Waals surface area (Å²) in [6, 6.07) is 8.89. The Kier molecular flexibility index (Phi) is 6.80. The minimum Gasteiger partial charge on any atom is -0.303 e. The molecule has 1 aliphatic heterocycles. The lowest BCUT2D eigenvalue weighted by Gasteiger charge is -2.26. The first-order chi connectivity index (χ1) is 9.34. The summed E-state index contributed by atoms with van der Waals surface area (Å²) in [6.07, 6.45) is 9.10. The highest BCUT2D eigenvalue weighted by molar-refractivity contribution is 7.99. The van der Waals surface area contributed by atoms with E-state index in [0.717, 1.165) is 0 Å². The fourth-order valence-electron chi connectivity index (χ4n) is 2.47. The number of likely N-dealkylation sites (tertiary alicyclic amines) is 1. The van der Waals surface area contributed by atoms with E-state index in [0.29, 0.717) is 0 Å². The second kappa shape index (κ2) is 8.65. The summed E-state index contributed by atoms with van der Waals surface area (Å²) in [7, 11) is 0. The van der Waals surface area contributed by atoms with Crippen LogP contribution in [-0.2, 0) is 0 Å². The first-order valence-electron chi connectivity index (χ1n) is 7.58. The van der Waals surface area contributed by atoms with Gasteiger partial charge < -0.3 is 4.90 Å². The average Bonchev–Trinajstić information content (AvgIpc) is 2.46. The van der Waals surface area contributed by atoms with Crippen molar-refractivity contribution in [2.45, 2.75) is 43.9 Å². The molecule has 0 aliphatic carbocycles. The molecule has 2 rings (SSSR count). The van der Waals surface area contributed by atoms with Crippen molar-refractivity contribution in [1.82, 2.24) is 4.90 Å². The highest BCUT2D eigenvalue weighted by atomic mass is 32.2. The zero-order valence-corrected chi connectivity index (χ0v) is 12.9. The molecule has 1 saturated heterocycles. The van der Waals surface area contributed by atoms with Crippen molar-refractivity contribution < 1.29 is 0 Å². The van der Waals surface area contributed by atoms with E-state index in [1.165, 1.54) is 68.0 Å². The molecule has 1 fully saturated rings. The molecule has 1 nitrogen and oxygen atoms in total. The number of nitrogens with zero attached hydrogens (tertiary/aromatic N) is 1. The van der Waals surface area contributed by atoms with Crippen LogP contribution in [0.1, 0.15) is 37.7 Å². The number of benzene rings is 1. The van der Waals surface area contributed by atoms with Gasteiger partial charge in [0, 0.05) is 4.90 Å². The summed E-state index contributed by atoms with van der Waals surface area (Å²) in [5.41, 5.74) is 1.35. The molecule has 105 valence electrons. The zero-order chi connectivity index (χ0) is 13.3. The van der Waals surface area contributed by atoms with Gasteiger partial charge in [0.25, 0.3) is 0 Å². The lowest BCUT2D eigenvalue weighted by molar-refractivity contribution is 0.249. The smallest absolute Gasteiger partial charge is 0.00721 e. The molecular weight excluding hydrogens is 250 g/mol. The molecule has 0 aromatic heterocycles. The van der Waals surface area contributed by atoms with Crippen LogP contribution < -0.4 is 0 Å². The van der Waals surface area contributed by atoms with E-state index in [9.17, 15) is 0 Å². The van der Waals surface area contributed by atoms with E-state index in [-0.39, 0.29) is 0 Å². The Bertz CT molecular complexity index is 341. The lowest BCUT2D eigenvalue weighted by atomic mass is 10.1. The summed E-state index contributed by atoms with van der Waals surface area (Å²) >= 11 is 2.00. The van der Waals surface area contributed by atoms with E-state index >= 15 is 0 Å². The van der Waals surface area contributed by atoms with Crippen LogP contribution in [0.4, 0.5) is 0 Å². The van der Waals surface area contributed by atoms with Crippen LogP contribution in [0.3, 0.4) is 0 Å². The van der Waals surface area contributed by atoms with Gasteiger partial charge in [-0.25, -0.2) is 0 Å². The Labute approximate surface area is 122 Å². The number of thioether (sulfide) groups is 1. The van der Waals surface area contributed by atoms with Crippen LogP contribution in [0.25, 0.3) is 0 Å². The third kappa shape index (κ3) is 6.01. The summed E-state index contributed by atoms with van der Waals surface area (Å²) in [6.45, 7) is 6.03. The van der Waals surface area contributed by atoms with Crippen LogP contribution in [0.15, 0.2) is 29.2 Å². The second-order valence-electron chi connectivity index (χ2n) is 5.43. The highest BCUT2D eigenvalue weighted by Gasteiger charge is 2.08. The molecule has 0 atom stereocenters. The van der Waals surface area contributed by atoms with Crippen molar-refractivity contribution in [2.75, 3.05) is 25.4 Å². The van der Waals surface area contributed by atoms with Crippen LogP contribution in [0.2, 0.25) is 0 Å². The molecule has 19 heavy (non-hydrogen) atoms. The molecule has 0 unspecified atom stereocenters. The zero-order valence-electron chi connectivity index (χ0n) is 12.1. The van der Waals surface area contributed by atoms with Crippen LogP contribution in [0.5, 0.6) is 0 Å². The minimum absolute atomic E-state index is 1.26. The van der Waals surface area contributed by atoms with E-state index in [1.807, 2.05) is 11.8 Å². The molecule has 0 N–H and O–H groups in total. The summed E-state index contributed by atoms with van der Waals surface area (Å²) < 4.78 is 0. The molecule has 0 amide bonds. The fourth-order valence-corrected chi connectivity index (χ4v) is 3.38. The van der Waals surface area contributed by atoms with E-state index < -0.39 is 0 Å². The Balaban J connectivity index is 1.49. The van der Waals surface area contributed by atoms with Gasteiger partial charge in [-0.1, -0.05) is 24.1 Å². The quantitative estimate of drug-likeness (QED) is 0.530. The van der Waals surface area contributed by atoms with Gasteiger partial charge in [-0.3, -0.25) is 0 Å². The van der Waals surface area contributed by atoms with Gasteiger partial charge in [0.15, 0.2) is 0 Å². The number of unbranched alkanes of at least 4 members (excludes halogenated alkanes) is 2. The molecule has 1 aliphatic rings. The number of hydrogen-bond acceptors (Lipinski definition) is 2. The van der Waals surface area contributed by atoms with Gasteiger partial charge in [0.05, 0.1) is 0 Å². The van der Waals surface area contributed by atoms with Crippen LogP contribution in [0, 0.1) is 13.3 Å². The maximum Gasteiger partial charge on any atom is 0.00721 e. The van der Waals surface area contributed by atoms with Gasteiger partial charge in [0.2, 0.25) is 0 Å². The number of rotatable bonds is 7. The fraction of sp³-hybridized carbons (Fsp3) is 0.588. The van der Waals surface area contributed by atoms with Gasteiger partial charge in [0.1, 0.15) is 0 Å². The van der Waals surface area contributed by atoms with Gasteiger partial charge in [-0.15, -0.1) is 11.8 Å². The monoisotopic (exact) mass is 276 g/mol. The minimum atomic E-state index is 1.26. The Morgan fingerprint density at radius 1 is 1.00 bits per heavy atom. The SMILES string of the molecule is Cc1ccc(SCCCCCN2CC[CH]CC2)cc1. The van der Waals surface area contributed by atoms with Crippen molar-refractivity contribution in [2.24, 2.45) is 0 Å². The Hall–Kier alpha value is -0.470. The van der Waals surface area contributed by atoms with Gasteiger partial charge in [-0.2, -0.15) is 0 Å². The first kappa shape index (κ1) is 14.9. The Morgan fingerprint density at radius 3 is 2.47 bits per heavy atom. The summed E-state index contributed by atoms with van der Waals surface area (Å²) in [5, 5.41) is 0. The molecular formula is C17H26NS. The van der Waals surface area contributed by atoms with Crippen molar-refractivity contribution in [3.05, 3.63) is 36.2 Å². The third-order valence-electron chi connectivity index (χ3n) is 3.71. The molecule has 1 aromatic carbocycles. The van der Waals surface area contributed by atoms with E-state index in [2.05, 4.69) is 42.5 Å². The van der Waals surface area contributed by atoms with Crippen LogP contribution in [-0.4, -0.2) is 30.3 Å². The Morgan fingerprint density at radius 2 is 1.74 bits per heavy atom. The summed E-state index contributed by atoms with van der Waals surface area (Å²) in [5.74, 6) is 1.26. The molecule has 0 saturated carbocycles. The van der Waals surface area contributed by atoms with E-state index in [4.69, 9.17) is 0 Å². The van der Waals surface area contributed by atoms with Crippen molar-refractivity contribution >= 4 is 11.8 Å². The maximum atomic E-state index is 2.62. The van der Waals surface area contributed by atoms with Crippen molar-refractivity contribution in [1.29, 1.82) is 0 Å². The third-order valence-corrected chi connectivity index (χ3v) is 4.81. The molecule has 1 heterocycles. The summed E-state index contributed by atoms with van der Waals surface area (Å²) in [4.78, 5) is 4.03. The largest absolute Gasteiger partial charge is 0.303 e. The maximum absolute atomic E-state index is 2.62. The van der Waals surface area contributed by atoms with Gasteiger partial charge >= 0.3 is 0 Å². The molecule has 2 heteroatoms. The van der Waals surface area contributed by atoms with Crippen molar-refractivity contribution in [3.63, 3.8) is 0 Å². The number of hydrogen-bond donors (Lipinski definition) is 0. The second-order valence-corrected chi connectivity index (χ2v) is 6.60. The standard InChI is InChI=1S/C17H26NS/c1-16-8-10-17(11-9-16)19-15-7-3-6-14-18-12-4-2-5-13-18/h2,8-11H,3-7,12-15H2,1H3. The average molecular weight is 276 g/mol. The molecule has 0 bridgehead atoms. The predicted molar refractivity (Wildman–Crippen MR) is 85.7 cm³/mol. The van der Waals surface area contributed by atoms with Gasteiger partial charge in [-0.05, 0) is 76.5 Å². The first-order valence-corrected chi connectivity index (χ1v) is 8.56. The van der Waals surface area contributed by atoms with Crippen LogP contribution >= 0.6 is 11.8 Å². The van der Waals surface area contributed by atoms with E-state index in [1.54, 1.807) is 0 Å². The molecule has 1 aromatic rings. The van der Waals surface area contributed by atoms with Crippen molar-refractivity contribution in [3.8, 4) is 0 Å². The normalized spacial score (nSPS) is 16.7. The highest BCUT2D eigenvalue weighted by Crippen LogP contribution is 2.20. The predicted octanol–water partition coefficient (Wildman–Crippen LogP) is 4.56. The lowest BCUT2D eigenvalue weighted by Crippen LogP contribution is -2.30.